The van der Waals surface area contributed by atoms with Gasteiger partial charge in [0.25, 0.3) is 0 Å². The van der Waals surface area contributed by atoms with Gasteiger partial charge in [-0.25, -0.2) is 0 Å². The van der Waals surface area contributed by atoms with Crippen molar-refractivity contribution in [2.45, 2.75) is 62.2 Å². The molecular formula is C15H29NO7S. The van der Waals surface area contributed by atoms with E-state index < -0.39 is 36.8 Å². The van der Waals surface area contributed by atoms with Crippen molar-refractivity contribution in [1.82, 2.24) is 0 Å². The lowest BCUT2D eigenvalue weighted by molar-refractivity contribution is -0.300. The molecule has 0 aromatic heterocycles. The molecule has 0 aromatic rings. The van der Waals surface area contributed by atoms with Crippen LogP contribution in [0.4, 0.5) is 0 Å². The molecule has 0 spiro atoms. The molecule has 1 saturated carbocycles. The number of nitrogens with two attached hydrogens (primary N) is 1. The molecule has 8 nitrogen and oxygen atoms in total. The fraction of sp³-hybridized carbons (Fsp3) is 1.00. The van der Waals surface area contributed by atoms with Crippen LogP contribution in [0.1, 0.15) is 19.3 Å². The van der Waals surface area contributed by atoms with E-state index in [-0.39, 0.29) is 25.0 Å². The summed E-state index contributed by atoms with van der Waals surface area (Å²) in [5.74, 6) is 1.02. The molecular weight excluding hydrogens is 338 g/mol. The van der Waals surface area contributed by atoms with Crippen LogP contribution in [0.15, 0.2) is 0 Å². The van der Waals surface area contributed by atoms with E-state index in [1.54, 1.807) is 11.8 Å². The van der Waals surface area contributed by atoms with Crippen LogP contribution < -0.4 is 5.73 Å². The molecule has 0 amide bonds. The normalized spacial score (nSPS) is 43.8. The van der Waals surface area contributed by atoms with E-state index in [0.717, 1.165) is 5.75 Å². The highest BCUT2D eigenvalue weighted by atomic mass is 32.2. The van der Waals surface area contributed by atoms with E-state index in [2.05, 4.69) is 0 Å². The first-order chi connectivity index (χ1) is 11.5. The Hall–Kier alpha value is 0.0300. The van der Waals surface area contributed by atoms with Crippen molar-refractivity contribution in [3.63, 3.8) is 0 Å². The summed E-state index contributed by atoms with van der Waals surface area (Å²) in [4.78, 5) is 0. The SMILES string of the molecule is NCCSCC1CC(O)C(O)C(OC2C(CO)CCC(O)C2O)O1. The zero-order chi connectivity index (χ0) is 17.7. The molecule has 9 heteroatoms. The molecule has 0 radical (unpaired) electrons. The molecule has 0 bridgehead atoms. The predicted octanol–water partition coefficient (Wildman–Crippen LogP) is -1.98. The standard InChI is InChI=1S/C15H29NO7S/c16-3-4-24-7-9-5-11(19)13(21)15(22-9)23-14-8(6-17)1-2-10(18)12(14)20/h8-15,17-21H,1-7,16H2. The summed E-state index contributed by atoms with van der Waals surface area (Å²) in [7, 11) is 0. The molecule has 24 heavy (non-hydrogen) atoms. The van der Waals surface area contributed by atoms with Gasteiger partial charge in [0.15, 0.2) is 6.29 Å². The van der Waals surface area contributed by atoms with Crippen molar-refractivity contribution < 1.29 is 35.0 Å². The number of hydrogen-bond acceptors (Lipinski definition) is 9. The van der Waals surface area contributed by atoms with Crippen LogP contribution in [-0.4, -0.2) is 93.1 Å². The largest absolute Gasteiger partial charge is 0.396 e. The van der Waals surface area contributed by atoms with Crippen LogP contribution in [-0.2, 0) is 9.47 Å². The number of aliphatic hydroxyl groups excluding tert-OH is 5. The first-order valence-corrected chi connectivity index (χ1v) is 9.55. The fourth-order valence-electron chi connectivity index (χ4n) is 3.19. The molecule has 1 aliphatic carbocycles. The highest BCUT2D eigenvalue weighted by molar-refractivity contribution is 7.99. The molecule has 142 valence electrons. The number of ether oxygens (including phenoxy) is 2. The topological polar surface area (TPSA) is 146 Å². The van der Waals surface area contributed by atoms with Crippen LogP contribution in [0.25, 0.3) is 0 Å². The Morgan fingerprint density at radius 1 is 1.08 bits per heavy atom. The summed E-state index contributed by atoms with van der Waals surface area (Å²) in [6.07, 6.45) is -5.47. The fourth-order valence-corrected chi connectivity index (χ4v) is 4.00. The van der Waals surface area contributed by atoms with Gasteiger partial charge in [-0.2, -0.15) is 11.8 Å². The molecule has 8 unspecified atom stereocenters. The van der Waals surface area contributed by atoms with Gasteiger partial charge in [-0.15, -0.1) is 0 Å². The molecule has 0 aromatic carbocycles. The third-order valence-electron chi connectivity index (χ3n) is 4.62. The van der Waals surface area contributed by atoms with E-state index in [1.807, 2.05) is 0 Å². The molecule has 7 N–H and O–H groups in total. The first kappa shape index (κ1) is 20.3. The lowest BCUT2D eigenvalue weighted by atomic mass is 9.83. The Balaban J connectivity index is 1.98. The quantitative estimate of drug-likeness (QED) is 0.282. The summed E-state index contributed by atoms with van der Waals surface area (Å²) in [5, 5.41) is 49.6. The van der Waals surface area contributed by atoms with Crippen LogP contribution >= 0.6 is 11.8 Å². The minimum absolute atomic E-state index is 0.199. The lowest BCUT2D eigenvalue weighted by Gasteiger charge is -2.43. The van der Waals surface area contributed by atoms with Crippen molar-refractivity contribution in [2.75, 3.05) is 24.7 Å². The van der Waals surface area contributed by atoms with Crippen molar-refractivity contribution in [1.29, 1.82) is 0 Å². The van der Waals surface area contributed by atoms with E-state index in [1.165, 1.54) is 0 Å². The van der Waals surface area contributed by atoms with Crippen LogP contribution in [0.2, 0.25) is 0 Å². The summed E-state index contributed by atoms with van der Waals surface area (Å²) < 4.78 is 11.4. The van der Waals surface area contributed by atoms with Gasteiger partial charge in [-0.1, -0.05) is 0 Å². The van der Waals surface area contributed by atoms with Gasteiger partial charge in [-0.05, 0) is 12.8 Å². The maximum atomic E-state index is 10.2. The van der Waals surface area contributed by atoms with E-state index in [9.17, 15) is 25.5 Å². The summed E-state index contributed by atoms with van der Waals surface area (Å²) >= 11 is 1.59. The van der Waals surface area contributed by atoms with Gasteiger partial charge in [0.2, 0.25) is 0 Å². The zero-order valence-electron chi connectivity index (χ0n) is 13.6. The summed E-state index contributed by atoms with van der Waals surface area (Å²) in [5.41, 5.74) is 5.45. The Morgan fingerprint density at radius 2 is 1.83 bits per heavy atom. The van der Waals surface area contributed by atoms with E-state index >= 15 is 0 Å². The van der Waals surface area contributed by atoms with Crippen molar-refractivity contribution in [3.05, 3.63) is 0 Å². The van der Waals surface area contributed by atoms with Crippen LogP contribution in [0, 0.1) is 5.92 Å². The molecule has 1 saturated heterocycles. The van der Waals surface area contributed by atoms with Crippen molar-refractivity contribution in [3.8, 4) is 0 Å². The maximum Gasteiger partial charge on any atom is 0.186 e. The minimum atomic E-state index is -1.24. The second-order valence-corrected chi connectivity index (χ2v) is 7.61. The first-order valence-electron chi connectivity index (χ1n) is 8.39. The van der Waals surface area contributed by atoms with Gasteiger partial charge >= 0.3 is 0 Å². The van der Waals surface area contributed by atoms with Gasteiger partial charge in [-0.3, -0.25) is 0 Å². The van der Waals surface area contributed by atoms with Gasteiger partial charge < -0.3 is 40.7 Å². The van der Waals surface area contributed by atoms with Gasteiger partial charge in [0.1, 0.15) is 12.2 Å². The highest BCUT2D eigenvalue weighted by Crippen LogP contribution is 2.32. The molecule has 1 aliphatic heterocycles. The summed E-state index contributed by atoms with van der Waals surface area (Å²) in [6, 6.07) is 0. The van der Waals surface area contributed by atoms with Gasteiger partial charge in [0, 0.05) is 37.0 Å². The maximum absolute atomic E-state index is 10.2. The molecule has 2 aliphatic rings. The minimum Gasteiger partial charge on any atom is -0.396 e. The summed E-state index contributed by atoms with van der Waals surface area (Å²) in [6.45, 7) is 0.350. The Kier molecular flexibility index (Phi) is 8.18. The number of thioether (sulfide) groups is 1. The lowest BCUT2D eigenvalue weighted by Crippen LogP contribution is -2.56. The molecule has 1 heterocycles. The number of aliphatic hydroxyl groups is 5. The Labute approximate surface area is 145 Å². The predicted molar refractivity (Wildman–Crippen MR) is 88.4 cm³/mol. The number of hydrogen-bond donors (Lipinski definition) is 6. The van der Waals surface area contributed by atoms with Crippen LogP contribution in [0.5, 0.6) is 0 Å². The average molecular weight is 367 g/mol. The van der Waals surface area contributed by atoms with E-state index in [0.29, 0.717) is 25.1 Å². The second kappa shape index (κ2) is 9.65. The number of rotatable bonds is 7. The van der Waals surface area contributed by atoms with Crippen molar-refractivity contribution >= 4 is 11.8 Å². The molecule has 2 rings (SSSR count). The van der Waals surface area contributed by atoms with Gasteiger partial charge in [0.05, 0.1) is 24.4 Å². The van der Waals surface area contributed by atoms with Crippen molar-refractivity contribution in [2.24, 2.45) is 11.7 Å². The third kappa shape index (κ3) is 5.03. The second-order valence-electron chi connectivity index (χ2n) is 6.46. The third-order valence-corrected chi connectivity index (χ3v) is 5.76. The molecule has 2 fully saturated rings. The monoisotopic (exact) mass is 367 g/mol. The Bertz CT molecular complexity index is 376. The highest BCUT2D eigenvalue weighted by Gasteiger charge is 2.44. The Morgan fingerprint density at radius 3 is 2.50 bits per heavy atom. The van der Waals surface area contributed by atoms with E-state index in [4.69, 9.17) is 15.2 Å². The smallest absolute Gasteiger partial charge is 0.186 e. The molecule has 8 atom stereocenters. The average Bonchev–Trinajstić information content (AvgIpc) is 2.56. The zero-order valence-corrected chi connectivity index (χ0v) is 14.4. The van der Waals surface area contributed by atoms with Crippen LogP contribution in [0.3, 0.4) is 0 Å².